The highest BCUT2D eigenvalue weighted by molar-refractivity contribution is 5.36. The van der Waals surface area contributed by atoms with Crippen LogP contribution < -0.4 is 10.1 Å². The number of nitrogens with one attached hydrogen (secondary N) is 1. The van der Waals surface area contributed by atoms with E-state index in [1.807, 2.05) is 24.3 Å². The summed E-state index contributed by atoms with van der Waals surface area (Å²) in [5, 5.41) is 11.5. The number of pyridine rings is 1. The molecule has 4 nitrogen and oxygen atoms in total. The SMILES string of the molecule is N#CCOc1cccc(CNc2cccc(F)n2)c1. The van der Waals surface area contributed by atoms with Crippen LogP contribution >= 0.6 is 0 Å². The Morgan fingerprint density at radius 2 is 2.11 bits per heavy atom. The maximum Gasteiger partial charge on any atom is 0.214 e. The van der Waals surface area contributed by atoms with Crippen LogP contribution in [-0.2, 0) is 6.54 Å². The summed E-state index contributed by atoms with van der Waals surface area (Å²) in [7, 11) is 0. The molecule has 0 saturated heterocycles. The van der Waals surface area contributed by atoms with E-state index in [-0.39, 0.29) is 6.61 Å². The van der Waals surface area contributed by atoms with E-state index in [1.165, 1.54) is 6.07 Å². The molecule has 0 aliphatic rings. The summed E-state index contributed by atoms with van der Waals surface area (Å²) < 4.78 is 18.1. The summed E-state index contributed by atoms with van der Waals surface area (Å²) in [5.74, 6) is 0.590. The molecule has 96 valence electrons. The van der Waals surface area contributed by atoms with E-state index in [4.69, 9.17) is 10.00 Å². The molecule has 0 spiro atoms. The smallest absolute Gasteiger partial charge is 0.214 e. The Morgan fingerprint density at radius 3 is 2.89 bits per heavy atom. The van der Waals surface area contributed by atoms with Gasteiger partial charge in [0.05, 0.1) is 0 Å². The summed E-state index contributed by atoms with van der Waals surface area (Å²) in [4.78, 5) is 3.71. The van der Waals surface area contributed by atoms with Crippen LogP contribution in [-0.4, -0.2) is 11.6 Å². The molecule has 0 saturated carbocycles. The number of nitrogens with zero attached hydrogens (tertiary/aromatic N) is 2. The summed E-state index contributed by atoms with van der Waals surface area (Å²) in [5.41, 5.74) is 0.960. The maximum atomic E-state index is 12.9. The zero-order valence-corrected chi connectivity index (χ0v) is 10.1. The van der Waals surface area contributed by atoms with Crippen molar-refractivity contribution in [2.24, 2.45) is 0 Å². The average Bonchev–Trinajstić information content (AvgIpc) is 2.43. The predicted molar refractivity (Wildman–Crippen MR) is 69.1 cm³/mol. The number of anilines is 1. The highest BCUT2D eigenvalue weighted by Crippen LogP contribution is 2.14. The maximum absolute atomic E-state index is 12.9. The molecule has 19 heavy (non-hydrogen) atoms. The number of hydrogen-bond acceptors (Lipinski definition) is 4. The van der Waals surface area contributed by atoms with Crippen molar-refractivity contribution in [3.8, 4) is 11.8 Å². The van der Waals surface area contributed by atoms with Crippen molar-refractivity contribution in [2.45, 2.75) is 6.54 Å². The average molecular weight is 257 g/mol. The highest BCUT2D eigenvalue weighted by atomic mass is 19.1. The molecule has 1 N–H and O–H groups in total. The molecule has 0 radical (unpaired) electrons. The number of benzene rings is 1. The van der Waals surface area contributed by atoms with Crippen LogP contribution in [0, 0.1) is 17.3 Å². The molecule has 2 aromatic rings. The standard InChI is InChI=1S/C14H12FN3O/c15-13-5-2-6-14(18-13)17-10-11-3-1-4-12(9-11)19-8-7-16/h1-6,9H,8,10H2,(H,17,18). The molecule has 0 amide bonds. The number of halogens is 1. The largest absolute Gasteiger partial charge is 0.479 e. The Labute approximate surface area is 110 Å². The predicted octanol–water partition coefficient (Wildman–Crippen LogP) is 2.74. The Morgan fingerprint density at radius 1 is 1.26 bits per heavy atom. The molecule has 0 fully saturated rings. The number of aromatic nitrogens is 1. The van der Waals surface area contributed by atoms with Crippen molar-refractivity contribution in [3.05, 3.63) is 54.0 Å². The Kier molecular flexibility index (Phi) is 4.29. The van der Waals surface area contributed by atoms with Crippen molar-refractivity contribution in [3.63, 3.8) is 0 Å². The minimum atomic E-state index is -0.517. The second-order valence-corrected chi connectivity index (χ2v) is 3.79. The van der Waals surface area contributed by atoms with Gasteiger partial charge >= 0.3 is 0 Å². The molecular weight excluding hydrogens is 245 g/mol. The van der Waals surface area contributed by atoms with Crippen LogP contribution in [0.5, 0.6) is 5.75 Å². The van der Waals surface area contributed by atoms with E-state index in [2.05, 4.69) is 10.3 Å². The Hall–Kier alpha value is -2.61. The first-order chi connectivity index (χ1) is 9.28. The van der Waals surface area contributed by atoms with E-state index >= 15 is 0 Å². The van der Waals surface area contributed by atoms with Crippen LogP contribution in [0.4, 0.5) is 10.2 Å². The second-order valence-electron chi connectivity index (χ2n) is 3.79. The normalized spacial score (nSPS) is 9.68. The zero-order chi connectivity index (χ0) is 13.5. The summed E-state index contributed by atoms with van der Waals surface area (Å²) in [6.45, 7) is 0.516. The molecule has 0 aliphatic heterocycles. The van der Waals surface area contributed by atoms with Gasteiger partial charge in [0.1, 0.15) is 17.6 Å². The van der Waals surface area contributed by atoms with Gasteiger partial charge in [-0.05, 0) is 29.8 Å². The lowest BCUT2D eigenvalue weighted by molar-refractivity contribution is 0.368. The second kappa shape index (κ2) is 6.36. The molecule has 0 atom stereocenters. The Balaban J connectivity index is 1.98. The summed E-state index contributed by atoms with van der Waals surface area (Å²) in [6, 6.07) is 13.8. The molecule has 5 heteroatoms. The highest BCUT2D eigenvalue weighted by Gasteiger charge is 1.99. The van der Waals surface area contributed by atoms with Crippen molar-refractivity contribution in [1.29, 1.82) is 5.26 Å². The number of hydrogen-bond donors (Lipinski definition) is 1. The molecule has 1 aromatic carbocycles. The van der Waals surface area contributed by atoms with Crippen molar-refractivity contribution in [2.75, 3.05) is 11.9 Å². The van der Waals surface area contributed by atoms with Gasteiger partial charge in [-0.25, -0.2) is 4.98 Å². The van der Waals surface area contributed by atoms with Crippen LogP contribution in [0.15, 0.2) is 42.5 Å². The number of ether oxygens (including phenoxy) is 1. The van der Waals surface area contributed by atoms with Gasteiger partial charge in [-0.2, -0.15) is 9.65 Å². The summed E-state index contributed by atoms with van der Waals surface area (Å²) in [6.07, 6.45) is 0. The molecule has 1 heterocycles. The van der Waals surface area contributed by atoms with Gasteiger partial charge in [0, 0.05) is 6.54 Å². The van der Waals surface area contributed by atoms with Gasteiger partial charge in [0.15, 0.2) is 6.61 Å². The monoisotopic (exact) mass is 257 g/mol. The van der Waals surface area contributed by atoms with Crippen molar-refractivity contribution >= 4 is 5.82 Å². The first-order valence-corrected chi connectivity index (χ1v) is 5.73. The third kappa shape index (κ3) is 3.96. The molecular formula is C14H12FN3O. The van der Waals surface area contributed by atoms with E-state index < -0.39 is 5.95 Å². The third-order valence-electron chi connectivity index (χ3n) is 2.39. The quantitative estimate of drug-likeness (QED) is 0.837. The molecule has 0 bridgehead atoms. The van der Waals surface area contributed by atoms with E-state index in [1.54, 1.807) is 18.2 Å². The van der Waals surface area contributed by atoms with Crippen molar-refractivity contribution in [1.82, 2.24) is 4.98 Å². The molecule has 1 aromatic heterocycles. The van der Waals surface area contributed by atoms with Gasteiger partial charge < -0.3 is 10.1 Å². The number of rotatable bonds is 5. The first kappa shape index (κ1) is 12.8. The van der Waals surface area contributed by atoms with Crippen LogP contribution in [0.3, 0.4) is 0 Å². The van der Waals surface area contributed by atoms with Gasteiger partial charge in [-0.15, -0.1) is 0 Å². The van der Waals surface area contributed by atoms with Crippen LogP contribution in [0.1, 0.15) is 5.56 Å². The lowest BCUT2D eigenvalue weighted by atomic mass is 10.2. The fraction of sp³-hybridized carbons (Fsp3) is 0.143. The van der Waals surface area contributed by atoms with Gasteiger partial charge in [0.2, 0.25) is 5.95 Å². The van der Waals surface area contributed by atoms with E-state index in [0.717, 1.165) is 5.56 Å². The molecule has 2 rings (SSSR count). The molecule has 0 aliphatic carbocycles. The minimum absolute atomic E-state index is 0.0162. The zero-order valence-electron chi connectivity index (χ0n) is 10.1. The minimum Gasteiger partial charge on any atom is -0.479 e. The van der Waals surface area contributed by atoms with Gasteiger partial charge in [0.25, 0.3) is 0 Å². The Bertz CT molecular complexity index is 595. The fourth-order valence-corrected chi connectivity index (χ4v) is 1.56. The number of nitriles is 1. The lowest BCUT2D eigenvalue weighted by Gasteiger charge is -2.07. The van der Waals surface area contributed by atoms with Crippen LogP contribution in [0.2, 0.25) is 0 Å². The fourth-order valence-electron chi connectivity index (χ4n) is 1.56. The lowest BCUT2D eigenvalue weighted by Crippen LogP contribution is -2.02. The summed E-state index contributed by atoms with van der Waals surface area (Å²) >= 11 is 0. The first-order valence-electron chi connectivity index (χ1n) is 5.73. The van der Waals surface area contributed by atoms with E-state index in [0.29, 0.717) is 18.1 Å². The molecule has 0 unspecified atom stereocenters. The third-order valence-corrected chi connectivity index (χ3v) is 2.39. The van der Waals surface area contributed by atoms with Gasteiger partial charge in [-0.1, -0.05) is 18.2 Å². The van der Waals surface area contributed by atoms with Gasteiger partial charge in [-0.3, -0.25) is 0 Å². The topological polar surface area (TPSA) is 57.9 Å². The van der Waals surface area contributed by atoms with E-state index in [9.17, 15) is 4.39 Å². The van der Waals surface area contributed by atoms with Crippen molar-refractivity contribution < 1.29 is 9.13 Å². The van der Waals surface area contributed by atoms with Crippen LogP contribution in [0.25, 0.3) is 0 Å².